The summed E-state index contributed by atoms with van der Waals surface area (Å²) in [5, 5.41) is 10.6. The summed E-state index contributed by atoms with van der Waals surface area (Å²) in [6.45, 7) is 0.212. The molecule has 4 aliphatic rings. The average molecular weight is 311 g/mol. The molecule has 2 bridgehead atoms. The number of alkyl halides is 2. The highest BCUT2D eigenvalue weighted by molar-refractivity contribution is 6.44. The van der Waals surface area contributed by atoms with Crippen LogP contribution in [0, 0.1) is 11.8 Å². The third kappa shape index (κ3) is 0.826. The van der Waals surface area contributed by atoms with Gasteiger partial charge in [0.05, 0.1) is 6.61 Å². The molecule has 8 heteroatoms. The molecule has 2 saturated heterocycles. The number of fused-ring (bicyclic) bond motifs is 2. The Labute approximate surface area is 118 Å². The van der Waals surface area contributed by atoms with Crippen LogP contribution in [0.4, 0.5) is 0 Å². The normalized spacial score (nSPS) is 60.3. The molecule has 0 spiro atoms. The minimum atomic E-state index is -2.26. The third-order valence-corrected chi connectivity index (χ3v) is 6.55. The molecule has 4 fully saturated rings. The molecule has 0 amide bonds. The van der Waals surface area contributed by atoms with Gasteiger partial charge in [-0.05, 0) is 0 Å². The smallest absolute Gasteiger partial charge is 0.256 e. The number of Topliss-reactive ketones (excluding diaryl/α,β-unsaturated/α-hetero) is 1. The molecule has 2 heterocycles. The van der Waals surface area contributed by atoms with E-state index in [1.54, 1.807) is 0 Å². The molecule has 19 heavy (non-hydrogen) atoms. The van der Waals surface area contributed by atoms with Gasteiger partial charge in [-0.2, -0.15) is 0 Å². The van der Waals surface area contributed by atoms with Crippen molar-refractivity contribution >= 4 is 29.0 Å². The van der Waals surface area contributed by atoms with Gasteiger partial charge in [-0.15, -0.1) is 23.2 Å². The molecule has 0 radical (unpaired) electrons. The maximum Gasteiger partial charge on any atom is 0.256 e. The SMILES string of the molecule is COC1(OC)[C@@]2(Cl)C(=O)[C@]3(O)O[C@H]4OC[C@H]2[C@@H]4[C@]13Cl. The molecule has 2 aliphatic heterocycles. The molecule has 6 nitrogen and oxygen atoms in total. The Morgan fingerprint density at radius 3 is 2.58 bits per heavy atom. The van der Waals surface area contributed by atoms with E-state index < -0.39 is 45.2 Å². The van der Waals surface area contributed by atoms with Crippen LogP contribution in [-0.2, 0) is 23.7 Å². The number of carbonyl (C=O) groups excluding carboxylic acids is 1. The fourth-order valence-corrected chi connectivity index (χ4v) is 5.79. The van der Waals surface area contributed by atoms with Crippen LogP contribution >= 0.6 is 23.2 Å². The largest absolute Gasteiger partial charge is 0.358 e. The molecule has 0 aromatic rings. The number of hydrogen-bond acceptors (Lipinski definition) is 6. The molecular weight excluding hydrogens is 299 g/mol. The summed E-state index contributed by atoms with van der Waals surface area (Å²) in [6.07, 6.45) is -0.774. The van der Waals surface area contributed by atoms with Crippen molar-refractivity contribution in [3.8, 4) is 0 Å². The highest BCUT2D eigenvalue weighted by Crippen LogP contribution is 2.77. The van der Waals surface area contributed by atoms with Crippen LogP contribution in [0.25, 0.3) is 0 Å². The molecule has 4 rings (SSSR count). The van der Waals surface area contributed by atoms with Gasteiger partial charge in [0.15, 0.2) is 16.0 Å². The van der Waals surface area contributed by atoms with Crippen LogP contribution in [0.15, 0.2) is 0 Å². The molecular formula is C11H12Cl2O6. The van der Waals surface area contributed by atoms with Crippen LogP contribution in [0.3, 0.4) is 0 Å². The van der Waals surface area contributed by atoms with Gasteiger partial charge in [0.25, 0.3) is 5.79 Å². The number of halogens is 2. The van der Waals surface area contributed by atoms with Crippen molar-refractivity contribution in [1.29, 1.82) is 0 Å². The average Bonchev–Trinajstić information content (AvgIpc) is 2.95. The van der Waals surface area contributed by atoms with Gasteiger partial charge >= 0.3 is 0 Å². The minimum Gasteiger partial charge on any atom is -0.358 e. The Bertz CT molecular complexity index is 496. The van der Waals surface area contributed by atoms with Crippen molar-refractivity contribution in [3.63, 3.8) is 0 Å². The second-order valence-corrected chi connectivity index (χ2v) is 6.57. The Hall–Kier alpha value is 0.0500. The number of rotatable bonds is 2. The van der Waals surface area contributed by atoms with Gasteiger partial charge in [0, 0.05) is 26.1 Å². The first-order valence-corrected chi connectivity index (χ1v) is 6.65. The van der Waals surface area contributed by atoms with E-state index in [1.807, 2.05) is 0 Å². The topological polar surface area (TPSA) is 74.2 Å². The zero-order valence-corrected chi connectivity index (χ0v) is 11.7. The molecule has 0 unspecified atom stereocenters. The summed E-state index contributed by atoms with van der Waals surface area (Å²) >= 11 is 13.2. The van der Waals surface area contributed by atoms with E-state index >= 15 is 0 Å². The number of ether oxygens (including phenoxy) is 4. The molecule has 1 N–H and O–H groups in total. The van der Waals surface area contributed by atoms with E-state index in [-0.39, 0.29) is 6.61 Å². The highest BCUT2D eigenvalue weighted by Gasteiger charge is 2.99. The van der Waals surface area contributed by atoms with E-state index in [0.717, 1.165) is 0 Å². The van der Waals surface area contributed by atoms with Crippen molar-refractivity contribution in [2.75, 3.05) is 20.8 Å². The lowest BCUT2D eigenvalue weighted by Crippen LogP contribution is -2.60. The first kappa shape index (κ1) is 12.8. The third-order valence-electron chi connectivity index (χ3n) is 5.09. The Kier molecular flexibility index (Phi) is 2.09. The summed E-state index contributed by atoms with van der Waals surface area (Å²) in [7, 11) is 2.69. The number of carbonyl (C=O) groups is 1. The molecule has 6 atom stereocenters. The maximum absolute atomic E-state index is 12.6. The Morgan fingerprint density at radius 2 is 2.00 bits per heavy atom. The van der Waals surface area contributed by atoms with Crippen LogP contribution in [0.5, 0.6) is 0 Å². The highest BCUT2D eigenvalue weighted by atomic mass is 35.5. The maximum atomic E-state index is 12.6. The fraction of sp³-hybridized carbons (Fsp3) is 0.909. The predicted molar refractivity (Wildman–Crippen MR) is 61.7 cm³/mol. The molecule has 2 aliphatic carbocycles. The first-order chi connectivity index (χ1) is 8.85. The molecule has 2 saturated carbocycles. The number of aliphatic hydroxyl groups is 1. The van der Waals surface area contributed by atoms with Gasteiger partial charge in [0.1, 0.15) is 0 Å². The zero-order chi connectivity index (χ0) is 13.8. The van der Waals surface area contributed by atoms with Gasteiger partial charge in [0.2, 0.25) is 11.6 Å². The lowest BCUT2D eigenvalue weighted by atomic mass is 9.78. The molecule has 106 valence electrons. The van der Waals surface area contributed by atoms with E-state index in [4.69, 9.17) is 42.1 Å². The van der Waals surface area contributed by atoms with Gasteiger partial charge in [-0.25, -0.2) is 0 Å². The van der Waals surface area contributed by atoms with Gasteiger partial charge < -0.3 is 24.1 Å². The number of methoxy groups -OCH3 is 2. The summed E-state index contributed by atoms with van der Waals surface area (Å²) in [5.41, 5.74) is 0. The molecule has 0 aromatic heterocycles. The second kappa shape index (κ2) is 3.11. The number of hydrogen-bond donors (Lipinski definition) is 1. The fourth-order valence-electron chi connectivity index (χ4n) is 4.42. The van der Waals surface area contributed by atoms with Gasteiger partial charge in [-0.3, -0.25) is 4.79 Å². The predicted octanol–water partition coefficient (Wildman–Crippen LogP) is -0.166. The monoisotopic (exact) mass is 310 g/mol. The Morgan fingerprint density at radius 1 is 1.37 bits per heavy atom. The van der Waals surface area contributed by atoms with Crippen LogP contribution in [-0.4, -0.2) is 59.3 Å². The van der Waals surface area contributed by atoms with Crippen LogP contribution < -0.4 is 0 Å². The first-order valence-electron chi connectivity index (χ1n) is 5.90. The quantitative estimate of drug-likeness (QED) is 0.564. The summed E-state index contributed by atoms with van der Waals surface area (Å²) in [4.78, 5) is 9.35. The van der Waals surface area contributed by atoms with Crippen molar-refractivity contribution in [2.45, 2.75) is 27.6 Å². The van der Waals surface area contributed by atoms with Gasteiger partial charge in [-0.1, -0.05) is 0 Å². The van der Waals surface area contributed by atoms with Crippen molar-refractivity contribution in [3.05, 3.63) is 0 Å². The lowest BCUT2D eigenvalue weighted by Gasteiger charge is -2.39. The lowest BCUT2D eigenvalue weighted by molar-refractivity contribution is -0.261. The van der Waals surface area contributed by atoms with Crippen LogP contribution in [0.2, 0.25) is 0 Å². The van der Waals surface area contributed by atoms with E-state index in [9.17, 15) is 9.90 Å². The van der Waals surface area contributed by atoms with Crippen LogP contribution in [0.1, 0.15) is 0 Å². The molecule has 0 aromatic carbocycles. The summed E-state index contributed by atoms with van der Waals surface area (Å²) in [5.74, 6) is -5.51. The zero-order valence-electron chi connectivity index (χ0n) is 10.2. The van der Waals surface area contributed by atoms with Crippen molar-refractivity contribution in [2.24, 2.45) is 11.8 Å². The van der Waals surface area contributed by atoms with E-state index in [2.05, 4.69) is 0 Å². The minimum absolute atomic E-state index is 0.212. The second-order valence-electron chi connectivity index (χ2n) is 5.37. The summed E-state index contributed by atoms with van der Waals surface area (Å²) in [6, 6.07) is 0. The van der Waals surface area contributed by atoms with E-state index in [1.165, 1.54) is 14.2 Å². The Balaban J connectivity index is 2.08. The number of ketones is 1. The van der Waals surface area contributed by atoms with E-state index in [0.29, 0.717) is 0 Å². The van der Waals surface area contributed by atoms with Crippen molar-refractivity contribution < 1.29 is 28.8 Å². The summed E-state index contributed by atoms with van der Waals surface area (Å²) < 4.78 is 21.6. The standard InChI is InChI=1S/C11H12Cl2O6/c1-16-11(17-2)8(12)4-3-18-6-5(4)9(11,13)10(15,19-6)7(8)14/h4-6,15H,3H2,1-2H3/t4-,5-,6+,8-,9+,10-/m0/s1. The van der Waals surface area contributed by atoms with Crippen molar-refractivity contribution in [1.82, 2.24) is 0 Å².